The Labute approximate surface area is 101 Å². The zero-order valence-electron chi connectivity index (χ0n) is 10.0. The number of ether oxygens (including phenoxy) is 1. The maximum atomic E-state index is 11.3. The third-order valence-corrected chi connectivity index (χ3v) is 2.95. The van der Waals surface area contributed by atoms with Crippen LogP contribution in [0.25, 0.3) is 0 Å². The van der Waals surface area contributed by atoms with Crippen LogP contribution < -0.4 is 15.8 Å². The van der Waals surface area contributed by atoms with Gasteiger partial charge in [0.15, 0.2) is 0 Å². The molecule has 1 amide bonds. The maximum Gasteiger partial charge on any atom is 0.252 e. The minimum absolute atomic E-state index is 0.128. The van der Waals surface area contributed by atoms with Gasteiger partial charge in [0, 0.05) is 6.54 Å². The van der Waals surface area contributed by atoms with E-state index in [1.807, 2.05) is 19.1 Å². The van der Waals surface area contributed by atoms with Crippen molar-refractivity contribution in [3.63, 3.8) is 0 Å². The van der Waals surface area contributed by atoms with Crippen molar-refractivity contribution in [2.24, 2.45) is 5.73 Å². The van der Waals surface area contributed by atoms with Gasteiger partial charge in [-0.15, -0.1) is 0 Å². The van der Waals surface area contributed by atoms with E-state index >= 15 is 0 Å². The summed E-state index contributed by atoms with van der Waals surface area (Å²) in [4.78, 5) is 11.3. The Morgan fingerprint density at radius 1 is 1.53 bits per heavy atom. The second-order valence-corrected chi connectivity index (χ2v) is 4.45. The summed E-state index contributed by atoms with van der Waals surface area (Å²) in [6.45, 7) is 3.83. The van der Waals surface area contributed by atoms with Gasteiger partial charge in [-0.1, -0.05) is 6.07 Å². The van der Waals surface area contributed by atoms with Crippen molar-refractivity contribution in [3.8, 4) is 5.75 Å². The summed E-state index contributed by atoms with van der Waals surface area (Å²) in [5, 5.41) is 3.28. The number of hydrogen-bond donors (Lipinski definition) is 2. The first kappa shape index (κ1) is 11.9. The first-order valence-electron chi connectivity index (χ1n) is 5.94. The summed E-state index contributed by atoms with van der Waals surface area (Å²) in [5.74, 6) is 0.162. The Morgan fingerprint density at radius 2 is 2.35 bits per heavy atom. The van der Waals surface area contributed by atoms with Crippen molar-refractivity contribution in [2.75, 3.05) is 13.1 Å². The van der Waals surface area contributed by atoms with Crippen LogP contribution in [0.3, 0.4) is 0 Å². The van der Waals surface area contributed by atoms with Gasteiger partial charge < -0.3 is 15.8 Å². The molecule has 1 saturated heterocycles. The number of amides is 1. The number of primary amides is 1. The lowest BCUT2D eigenvalue weighted by Crippen LogP contribution is -2.37. The SMILES string of the molecule is Cc1ccc(C(N)=O)c(O[C@H]2CCCNC2)c1. The normalized spacial score (nSPS) is 19.9. The Kier molecular flexibility index (Phi) is 3.64. The molecule has 0 saturated carbocycles. The molecular weight excluding hydrogens is 216 g/mol. The summed E-state index contributed by atoms with van der Waals surface area (Å²) in [6.07, 6.45) is 2.24. The number of nitrogens with two attached hydrogens (primary N) is 1. The molecule has 92 valence electrons. The molecule has 1 aliphatic rings. The molecule has 0 spiro atoms. The standard InChI is InChI=1S/C13H18N2O2/c1-9-4-5-11(13(14)16)12(7-9)17-10-3-2-6-15-8-10/h4-5,7,10,15H,2-3,6,8H2,1H3,(H2,14,16)/t10-/m0/s1. The highest BCUT2D eigenvalue weighted by molar-refractivity contribution is 5.95. The van der Waals surface area contributed by atoms with Gasteiger partial charge in [-0.25, -0.2) is 0 Å². The predicted molar refractivity (Wildman–Crippen MR) is 66.2 cm³/mol. The van der Waals surface area contributed by atoms with Gasteiger partial charge in [0.1, 0.15) is 11.9 Å². The second-order valence-electron chi connectivity index (χ2n) is 4.45. The molecule has 3 N–H and O–H groups in total. The monoisotopic (exact) mass is 234 g/mol. The van der Waals surface area contributed by atoms with Crippen molar-refractivity contribution in [1.29, 1.82) is 0 Å². The average Bonchev–Trinajstić information content (AvgIpc) is 2.30. The third-order valence-electron chi connectivity index (χ3n) is 2.95. The van der Waals surface area contributed by atoms with Gasteiger partial charge >= 0.3 is 0 Å². The fraction of sp³-hybridized carbons (Fsp3) is 0.462. The largest absolute Gasteiger partial charge is 0.488 e. The Balaban J connectivity index is 2.17. The van der Waals surface area contributed by atoms with Crippen LogP contribution in [0.15, 0.2) is 18.2 Å². The van der Waals surface area contributed by atoms with E-state index in [4.69, 9.17) is 10.5 Å². The molecule has 1 aromatic carbocycles. The molecular formula is C13H18N2O2. The van der Waals surface area contributed by atoms with Gasteiger partial charge in [0.25, 0.3) is 5.91 Å². The molecule has 4 heteroatoms. The lowest BCUT2D eigenvalue weighted by molar-refractivity contribution is 0.0990. The number of benzene rings is 1. The van der Waals surface area contributed by atoms with E-state index in [1.54, 1.807) is 6.07 Å². The molecule has 1 aromatic rings. The lowest BCUT2D eigenvalue weighted by Gasteiger charge is -2.24. The number of aryl methyl sites for hydroxylation is 1. The topological polar surface area (TPSA) is 64.4 Å². The van der Waals surface area contributed by atoms with E-state index < -0.39 is 5.91 Å². The Morgan fingerprint density at radius 3 is 3.00 bits per heavy atom. The zero-order chi connectivity index (χ0) is 12.3. The van der Waals surface area contributed by atoms with E-state index in [0.29, 0.717) is 11.3 Å². The number of nitrogens with one attached hydrogen (secondary N) is 1. The second kappa shape index (κ2) is 5.19. The third kappa shape index (κ3) is 2.97. The van der Waals surface area contributed by atoms with Crippen LogP contribution in [0.4, 0.5) is 0 Å². The van der Waals surface area contributed by atoms with Gasteiger partial charge in [0.2, 0.25) is 0 Å². The summed E-state index contributed by atoms with van der Waals surface area (Å²) in [6, 6.07) is 5.46. The highest BCUT2D eigenvalue weighted by Crippen LogP contribution is 2.22. The molecule has 0 bridgehead atoms. The summed E-state index contributed by atoms with van der Waals surface area (Å²) < 4.78 is 5.87. The first-order chi connectivity index (χ1) is 8.16. The van der Waals surface area contributed by atoms with E-state index in [0.717, 1.165) is 31.5 Å². The van der Waals surface area contributed by atoms with E-state index in [-0.39, 0.29) is 6.10 Å². The quantitative estimate of drug-likeness (QED) is 0.826. The van der Waals surface area contributed by atoms with Crippen molar-refractivity contribution in [1.82, 2.24) is 5.32 Å². The smallest absolute Gasteiger partial charge is 0.252 e. The number of carbonyl (C=O) groups excluding carboxylic acids is 1. The fourth-order valence-corrected chi connectivity index (χ4v) is 2.03. The van der Waals surface area contributed by atoms with Gasteiger partial charge in [0.05, 0.1) is 5.56 Å². The van der Waals surface area contributed by atoms with E-state index in [9.17, 15) is 4.79 Å². The lowest BCUT2D eigenvalue weighted by atomic mass is 10.1. The molecule has 0 aliphatic carbocycles. The van der Waals surface area contributed by atoms with Crippen molar-refractivity contribution < 1.29 is 9.53 Å². The molecule has 1 fully saturated rings. The highest BCUT2D eigenvalue weighted by Gasteiger charge is 2.17. The highest BCUT2D eigenvalue weighted by atomic mass is 16.5. The zero-order valence-corrected chi connectivity index (χ0v) is 10.0. The van der Waals surface area contributed by atoms with Gasteiger partial charge in [-0.05, 0) is 44.0 Å². The number of rotatable bonds is 3. The molecule has 0 radical (unpaired) electrons. The van der Waals surface area contributed by atoms with E-state index in [2.05, 4.69) is 5.32 Å². The minimum atomic E-state index is -0.441. The Bertz CT molecular complexity index is 412. The maximum absolute atomic E-state index is 11.3. The summed E-state index contributed by atoms with van der Waals surface area (Å²) in [7, 11) is 0. The molecule has 4 nitrogen and oxygen atoms in total. The van der Waals surface area contributed by atoms with Crippen LogP contribution in [0.5, 0.6) is 5.75 Å². The van der Waals surface area contributed by atoms with Crippen LogP contribution in [0, 0.1) is 6.92 Å². The van der Waals surface area contributed by atoms with Gasteiger partial charge in [-0.2, -0.15) is 0 Å². The average molecular weight is 234 g/mol. The van der Waals surface area contributed by atoms with Crippen molar-refractivity contribution in [2.45, 2.75) is 25.9 Å². The number of piperidine rings is 1. The van der Waals surface area contributed by atoms with Crippen LogP contribution in [-0.2, 0) is 0 Å². The number of hydrogen-bond acceptors (Lipinski definition) is 3. The van der Waals surface area contributed by atoms with Gasteiger partial charge in [-0.3, -0.25) is 4.79 Å². The van der Waals surface area contributed by atoms with Crippen LogP contribution in [-0.4, -0.2) is 25.1 Å². The van der Waals surface area contributed by atoms with Crippen molar-refractivity contribution in [3.05, 3.63) is 29.3 Å². The van der Waals surface area contributed by atoms with Crippen LogP contribution >= 0.6 is 0 Å². The molecule has 0 unspecified atom stereocenters. The van der Waals surface area contributed by atoms with Crippen LogP contribution in [0.2, 0.25) is 0 Å². The Hall–Kier alpha value is -1.55. The molecule has 0 aromatic heterocycles. The predicted octanol–water partition coefficient (Wildman–Crippen LogP) is 1.22. The molecule has 2 rings (SSSR count). The molecule has 1 heterocycles. The summed E-state index contributed by atoms with van der Waals surface area (Å²) in [5.41, 5.74) is 6.86. The minimum Gasteiger partial charge on any atom is -0.488 e. The summed E-state index contributed by atoms with van der Waals surface area (Å²) >= 11 is 0. The van der Waals surface area contributed by atoms with Crippen molar-refractivity contribution >= 4 is 5.91 Å². The van der Waals surface area contributed by atoms with E-state index in [1.165, 1.54) is 0 Å². The molecule has 17 heavy (non-hydrogen) atoms. The number of carbonyl (C=O) groups is 1. The molecule has 1 atom stereocenters. The van der Waals surface area contributed by atoms with Crippen LogP contribution in [0.1, 0.15) is 28.8 Å². The molecule has 1 aliphatic heterocycles. The first-order valence-corrected chi connectivity index (χ1v) is 5.94. The fourth-order valence-electron chi connectivity index (χ4n) is 2.03.